The van der Waals surface area contributed by atoms with Crippen LogP contribution in [0.3, 0.4) is 0 Å². The number of carbonyl (C=O) groups excluding carboxylic acids is 1. The van der Waals surface area contributed by atoms with E-state index in [0.29, 0.717) is 10.6 Å². The van der Waals surface area contributed by atoms with E-state index in [2.05, 4.69) is 15.9 Å². The highest BCUT2D eigenvalue weighted by Gasteiger charge is 2.09. The van der Waals surface area contributed by atoms with E-state index in [1.807, 2.05) is 17.5 Å². The molecule has 0 aliphatic carbocycles. The van der Waals surface area contributed by atoms with Crippen LogP contribution in [0.25, 0.3) is 10.1 Å². The maximum absolute atomic E-state index is 10.7. The molecule has 0 saturated carbocycles. The minimum atomic E-state index is 0.493. The molecule has 0 bridgehead atoms. The van der Waals surface area contributed by atoms with E-state index in [9.17, 15) is 4.79 Å². The molecule has 0 radical (unpaired) electrons. The highest BCUT2D eigenvalue weighted by atomic mass is 79.9. The zero-order valence-electron chi connectivity index (χ0n) is 6.38. The molecule has 0 fully saturated rings. The Hall–Kier alpha value is -0.380. The molecule has 66 valence electrons. The summed E-state index contributed by atoms with van der Waals surface area (Å²) in [5.41, 5.74) is 0.525. The Morgan fingerprint density at radius 2 is 2.31 bits per heavy atom. The maximum Gasteiger partial charge on any atom is 0.152 e. The molecule has 13 heavy (non-hydrogen) atoms. The van der Waals surface area contributed by atoms with Crippen molar-refractivity contribution in [3.8, 4) is 0 Å². The predicted molar refractivity (Wildman–Crippen MR) is 59.9 cm³/mol. The molecule has 0 amide bonds. The lowest BCUT2D eigenvalue weighted by Crippen LogP contribution is -1.83. The predicted octanol–water partition coefficient (Wildman–Crippen LogP) is 4.13. The van der Waals surface area contributed by atoms with Gasteiger partial charge in [0.1, 0.15) is 0 Å². The standard InChI is InChI=1S/C9H4BrClOS/c10-8-6(4-12)7(11)3-5-1-2-13-9(5)8/h1-4H. The second kappa shape index (κ2) is 3.40. The van der Waals surface area contributed by atoms with E-state index in [0.717, 1.165) is 20.8 Å². The largest absolute Gasteiger partial charge is 0.298 e. The molecular formula is C9H4BrClOS. The van der Waals surface area contributed by atoms with E-state index in [-0.39, 0.29) is 0 Å². The Bertz CT molecular complexity index is 478. The van der Waals surface area contributed by atoms with Crippen molar-refractivity contribution in [2.75, 3.05) is 0 Å². The molecule has 0 atom stereocenters. The molecule has 4 heteroatoms. The van der Waals surface area contributed by atoms with Crippen molar-refractivity contribution in [2.45, 2.75) is 0 Å². The van der Waals surface area contributed by atoms with Crippen molar-refractivity contribution in [1.82, 2.24) is 0 Å². The van der Waals surface area contributed by atoms with Crippen LogP contribution < -0.4 is 0 Å². The zero-order valence-corrected chi connectivity index (χ0v) is 9.54. The molecule has 2 aromatic rings. The van der Waals surface area contributed by atoms with Gasteiger partial charge < -0.3 is 0 Å². The first-order chi connectivity index (χ1) is 6.24. The molecule has 0 N–H and O–H groups in total. The molecule has 0 saturated heterocycles. The second-order valence-electron chi connectivity index (χ2n) is 2.54. The summed E-state index contributed by atoms with van der Waals surface area (Å²) < 4.78 is 1.85. The summed E-state index contributed by atoms with van der Waals surface area (Å²) in [7, 11) is 0. The Balaban J connectivity index is 2.92. The van der Waals surface area contributed by atoms with E-state index in [4.69, 9.17) is 11.6 Å². The van der Waals surface area contributed by atoms with Crippen molar-refractivity contribution in [2.24, 2.45) is 0 Å². The van der Waals surface area contributed by atoms with Gasteiger partial charge in [-0.2, -0.15) is 0 Å². The molecule has 1 aromatic heterocycles. The fourth-order valence-electron chi connectivity index (χ4n) is 1.16. The number of benzene rings is 1. The number of rotatable bonds is 1. The van der Waals surface area contributed by atoms with Gasteiger partial charge in [-0.15, -0.1) is 11.3 Å². The molecule has 2 rings (SSSR count). The summed E-state index contributed by atoms with van der Waals surface area (Å²) >= 11 is 10.9. The Morgan fingerprint density at radius 1 is 1.54 bits per heavy atom. The Labute approximate surface area is 92.5 Å². The number of thiophene rings is 1. The average molecular weight is 276 g/mol. The molecule has 0 spiro atoms. The number of aldehydes is 1. The Morgan fingerprint density at radius 3 is 3.00 bits per heavy atom. The van der Waals surface area contributed by atoms with Crippen LogP contribution in [0.5, 0.6) is 0 Å². The third-order valence-corrected chi connectivity index (χ3v) is 4.14. The molecule has 0 aliphatic rings. The maximum atomic E-state index is 10.7. The second-order valence-corrected chi connectivity index (χ2v) is 4.66. The lowest BCUT2D eigenvalue weighted by atomic mass is 10.2. The van der Waals surface area contributed by atoms with E-state index in [1.165, 1.54) is 0 Å². The summed E-state index contributed by atoms with van der Waals surface area (Å²) in [6.07, 6.45) is 0.769. The SMILES string of the molecule is O=Cc1c(Cl)cc2ccsc2c1Br. The van der Waals surface area contributed by atoms with E-state index >= 15 is 0 Å². The van der Waals surface area contributed by atoms with Crippen molar-refractivity contribution in [3.05, 3.63) is 32.6 Å². The summed E-state index contributed by atoms with van der Waals surface area (Å²) in [5, 5.41) is 3.53. The van der Waals surface area contributed by atoms with Gasteiger partial charge in [0.15, 0.2) is 6.29 Å². The zero-order chi connectivity index (χ0) is 9.42. The fourth-order valence-corrected chi connectivity index (χ4v) is 3.17. The summed E-state index contributed by atoms with van der Waals surface area (Å²) in [6.45, 7) is 0. The summed E-state index contributed by atoms with van der Waals surface area (Å²) in [6, 6.07) is 3.78. The molecular weight excluding hydrogens is 272 g/mol. The van der Waals surface area contributed by atoms with Gasteiger partial charge in [-0.05, 0) is 38.8 Å². The van der Waals surface area contributed by atoms with Gasteiger partial charge in [-0.25, -0.2) is 0 Å². The molecule has 1 heterocycles. The number of hydrogen-bond donors (Lipinski definition) is 0. The fraction of sp³-hybridized carbons (Fsp3) is 0. The lowest BCUT2D eigenvalue weighted by molar-refractivity contribution is 0.112. The quantitative estimate of drug-likeness (QED) is 0.715. The third-order valence-electron chi connectivity index (χ3n) is 1.79. The minimum absolute atomic E-state index is 0.493. The van der Waals surface area contributed by atoms with Gasteiger partial charge >= 0.3 is 0 Å². The van der Waals surface area contributed by atoms with Crippen molar-refractivity contribution in [1.29, 1.82) is 0 Å². The first-order valence-electron chi connectivity index (χ1n) is 3.54. The normalized spacial score (nSPS) is 10.6. The van der Waals surface area contributed by atoms with Gasteiger partial charge in [-0.3, -0.25) is 4.79 Å². The van der Waals surface area contributed by atoms with E-state index < -0.39 is 0 Å². The third kappa shape index (κ3) is 1.41. The number of halogens is 2. The van der Waals surface area contributed by atoms with Gasteiger partial charge in [0.25, 0.3) is 0 Å². The highest BCUT2D eigenvalue weighted by Crippen LogP contribution is 2.35. The van der Waals surface area contributed by atoms with Gasteiger partial charge in [0.05, 0.1) is 5.02 Å². The molecule has 1 nitrogen and oxygen atoms in total. The van der Waals surface area contributed by atoms with Crippen LogP contribution in [-0.2, 0) is 0 Å². The number of hydrogen-bond acceptors (Lipinski definition) is 2. The van der Waals surface area contributed by atoms with Crippen LogP contribution in [0, 0.1) is 0 Å². The van der Waals surface area contributed by atoms with Crippen molar-refractivity contribution in [3.63, 3.8) is 0 Å². The van der Waals surface area contributed by atoms with Crippen molar-refractivity contribution >= 4 is 55.2 Å². The van der Waals surface area contributed by atoms with Crippen LogP contribution in [0.2, 0.25) is 5.02 Å². The topological polar surface area (TPSA) is 17.1 Å². The van der Waals surface area contributed by atoms with Crippen LogP contribution in [-0.4, -0.2) is 6.29 Å². The van der Waals surface area contributed by atoms with Gasteiger partial charge in [-0.1, -0.05) is 11.6 Å². The monoisotopic (exact) mass is 274 g/mol. The first-order valence-corrected chi connectivity index (χ1v) is 5.59. The highest BCUT2D eigenvalue weighted by molar-refractivity contribution is 9.10. The molecule has 0 unspecified atom stereocenters. The molecule has 1 aromatic carbocycles. The number of fused-ring (bicyclic) bond motifs is 1. The Kier molecular flexibility index (Phi) is 2.41. The van der Waals surface area contributed by atoms with Gasteiger partial charge in [0, 0.05) is 14.7 Å². The number of carbonyl (C=O) groups is 1. The minimum Gasteiger partial charge on any atom is -0.298 e. The lowest BCUT2D eigenvalue weighted by Gasteiger charge is -2.00. The summed E-state index contributed by atoms with van der Waals surface area (Å²) in [4.78, 5) is 10.7. The van der Waals surface area contributed by atoms with Crippen LogP contribution >= 0.6 is 38.9 Å². The van der Waals surface area contributed by atoms with E-state index in [1.54, 1.807) is 11.3 Å². The average Bonchev–Trinajstić information content (AvgIpc) is 2.53. The summed E-state index contributed by atoms with van der Waals surface area (Å²) in [5.74, 6) is 0. The van der Waals surface area contributed by atoms with Crippen LogP contribution in [0.1, 0.15) is 10.4 Å². The van der Waals surface area contributed by atoms with Gasteiger partial charge in [0.2, 0.25) is 0 Å². The van der Waals surface area contributed by atoms with Crippen molar-refractivity contribution < 1.29 is 4.79 Å². The molecule has 0 aliphatic heterocycles. The van der Waals surface area contributed by atoms with Crippen LogP contribution in [0.4, 0.5) is 0 Å². The first kappa shape index (κ1) is 9.19. The smallest absolute Gasteiger partial charge is 0.152 e. The van der Waals surface area contributed by atoms with Crippen LogP contribution in [0.15, 0.2) is 22.0 Å².